The molecule has 0 aliphatic heterocycles. The van der Waals surface area contributed by atoms with Crippen LogP contribution in [-0.4, -0.2) is 22.5 Å². The Balaban J connectivity index is 3.76. The number of allylic oxidation sites excluding steroid dienone is 1. The Morgan fingerprint density at radius 1 is 1.31 bits per heavy atom. The zero-order chi connectivity index (χ0) is 10.4. The Kier molecular flexibility index (Phi) is 6.48. The molecule has 0 fully saturated rings. The summed E-state index contributed by atoms with van der Waals surface area (Å²) in [5, 5.41) is 8.36. The van der Waals surface area contributed by atoms with Crippen molar-refractivity contribution in [2.45, 2.75) is 30.5 Å². The van der Waals surface area contributed by atoms with Gasteiger partial charge in [-0.3, -0.25) is 0 Å². The lowest BCUT2D eigenvalue weighted by atomic mass is 10.0. The molecule has 0 aliphatic carbocycles. The molecule has 1 N–H and O–H groups in total. The number of halogens is 2. The van der Waals surface area contributed by atoms with Crippen molar-refractivity contribution in [3.63, 3.8) is 0 Å². The predicted octanol–water partition coefficient (Wildman–Crippen LogP) is 3.11. The van der Waals surface area contributed by atoms with E-state index in [1.807, 2.05) is 6.92 Å². The first-order valence-electron chi connectivity index (χ1n) is 4.21. The van der Waals surface area contributed by atoms with Crippen LogP contribution in [0.15, 0.2) is 24.3 Å². The molecule has 0 aromatic heterocycles. The highest BCUT2D eigenvalue weighted by Crippen LogP contribution is 2.19. The molecule has 13 heavy (non-hydrogen) atoms. The van der Waals surface area contributed by atoms with Crippen molar-refractivity contribution in [1.29, 1.82) is 0 Å². The van der Waals surface area contributed by atoms with E-state index in [1.54, 1.807) is 0 Å². The Hall–Kier alpha value is 0.0200. The summed E-state index contributed by atoms with van der Waals surface area (Å²) < 4.78 is 0. The maximum absolute atomic E-state index is 8.74. The highest BCUT2D eigenvalue weighted by atomic mass is 35.5. The third-order valence-corrected chi connectivity index (χ3v) is 2.89. The van der Waals surface area contributed by atoms with E-state index in [2.05, 4.69) is 13.2 Å². The summed E-state index contributed by atoms with van der Waals surface area (Å²) in [5.41, 5.74) is 1.78. The van der Waals surface area contributed by atoms with Crippen LogP contribution < -0.4 is 0 Å². The van der Waals surface area contributed by atoms with Crippen molar-refractivity contribution < 1.29 is 5.11 Å². The highest BCUT2D eigenvalue weighted by Gasteiger charge is 2.10. The quantitative estimate of drug-likeness (QED) is 0.541. The molecule has 2 atom stereocenters. The lowest BCUT2D eigenvalue weighted by Crippen LogP contribution is -2.09. The van der Waals surface area contributed by atoms with E-state index in [0.29, 0.717) is 0 Å². The number of aliphatic hydroxyl groups excluding tert-OH is 1. The number of rotatable bonds is 6. The van der Waals surface area contributed by atoms with Crippen molar-refractivity contribution >= 4 is 23.2 Å². The van der Waals surface area contributed by atoms with Gasteiger partial charge in [0.1, 0.15) is 0 Å². The molecule has 2 unspecified atom stereocenters. The molecule has 0 aromatic rings. The predicted molar refractivity (Wildman–Crippen MR) is 59.6 cm³/mol. The van der Waals surface area contributed by atoms with Gasteiger partial charge < -0.3 is 5.11 Å². The maximum atomic E-state index is 8.74. The van der Waals surface area contributed by atoms with Crippen LogP contribution in [0.2, 0.25) is 0 Å². The molecule has 3 heteroatoms. The van der Waals surface area contributed by atoms with Crippen molar-refractivity contribution in [2.75, 3.05) is 6.61 Å². The van der Waals surface area contributed by atoms with E-state index < -0.39 is 0 Å². The SMILES string of the molecule is C=C(C)C(Cl)CCC(=C)C(Cl)CO. The molecule has 0 bridgehead atoms. The molecule has 0 aliphatic rings. The topological polar surface area (TPSA) is 20.2 Å². The van der Waals surface area contributed by atoms with Gasteiger partial charge in [-0.25, -0.2) is 0 Å². The van der Waals surface area contributed by atoms with Crippen LogP contribution >= 0.6 is 23.2 Å². The fourth-order valence-corrected chi connectivity index (χ4v) is 1.06. The van der Waals surface area contributed by atoms with E-state index in [-0.39, 0.29) is 17.4 Å². The van der Waals surface area contributed by atoms with Gasteiger partial charge in [0.2, 0.25) is 0 Å². The summed E-state index contributed by atoms with van der Waals surface area (Å²) >= 11 is 11.7. The first-order chi connectivity index (χ1) is 5.99. The standard InChI is InChI=1S/C10H16Cl2O/c1-7(2)9(11)5-4-8(3)10(12)6-13/h9-10,13H,1,3-6H2,2H3. The fourth-order valence-electron chi connectivity index (χ4n) is 0.844. The Bertz CT molecular complexity index is 189. The summed E-state index contributed by atoms with van der Waals surface area (Å²) in [6.07, 6.45) is 1.51. The normalized spacial score (nSPS) is 15.1. The van der Waals surface area contributed by atoms with Crippen LogP contribution in [0.3, 0.4) is 0 Å². The van der Waals surface area contributed by atoms with Crippen molar-refractivity contribution in [1.82, 2.24) is 0 Å². The fraction of sp³-hybridized carbons (Fsp3) is 0.600. The summed E-state index contributed by atoms with van der Waals surface area (Å²) in [5.74, 6) is 0. The zero-order valence-electron chi connectivity index (χ0n) is 7.89. The summed E-state index contributed by atoms with van der Waals surface area (Å²) in [6, 6.07) is 0. The van der Waals surface area contributed by atoms with Gasteiger partial charge in [-0.15, -0.1) is 23.2 Å². The maximum Gasteiger partial charge on any atom is 0.0773 e. The highest BCUT2D eigenvalue weighted by molar-refractivity contribution is 6.23. The van der Waals surface area contributed by atoms with Gasteiger partial charge >= 0.3 is 0 Å². The minimum atomic E-state index is -0.353. The average Bonchev–Trinajstić information content (AvgIpc) is 2.11. The van der Waals surface area contributed by atoms with Crippen molar-refractivity contribution in [3.8, 4) is 0 Å². The molecule has 0 rings (SSSR count). The van der Waals surface area contributed by atoms with Crippen molar-refractivity contribution in [2.24, 2.45) is 0 Å². The summed E-state index contributed by atoms with van der Waals surface area (Å²) in [6.45, 7) is 9.35. The Labute approximate surface area is 90.0 Å². The molecule has 0 heterocycles. The van der Waals surface area contributed by atoms with E-state index in [9.17, 15) is 0 Å². The smallest absolute Gasteiger partial charge is 0.0773 e. The van der Waals surface area contributed by atoms with Crippen LogP contribution in [-0.2, 0) is 0 Å². The third-order valence-electron chi connectivity index (χ3n) is 1.86. The lowest BCUT2D eigenvalue weighted by molar-refractivity contribution is 0.300. The number of hydrogen-bond acceptors (Lipinski definition) is 1. The van der Waals surface area contributed by atoms with E-state index >= 15 is 0 Å². The Morgan fingerprint density at radius 2 is 1.85 bits per heavy atom. The largest absolute Gasteiger partial charge is 0.394 e. The number of alkyl halides is 2. The van der Waals surface area contributed by atoms with Crippen LogP contribution in [0.4, 0.5) is 0 Å². The van der Waals surface area contributed by atoms with Crippen LogP contribution in [0.5, 0.6) is 0 Å². The Morgan fingerprint density at radius 3 is 2.23 bits per heavy atom. The van der Waals surface area contributed by atoms with Crippen LogP contribution in [0.25, 0.3) is 0 Å². The first kappa shape index (κ1) is 13.0. The molecule has 76 valence electrons. The molecule has 0 saturated heterocycles. The van der Waals surface area contributed by atoms with Crippen LogP contribution in [0, 0.1) is 0 Å². The molecule has 0 amide bonds. The zero-order valence-corrected chi connectivity index (χ0v) is 9.41. The van der Waals surface area contributed by atoms with Crippen LogP contribution in [0.1, 0.15) is 19.8 Å². The minimum Gasteiger partial charge on any atom is -0.394 e. The van der Waals surface area contributed by atoms with Gasteiger partial charge in [-0.2, -0.15) is 0 Å². The first-order valence-corrected chi connectivity index (χ1v) is 5.08. The van der Waals surface area contributed by atoms with Gasteiger partial charge in [-0.1, -0.05) is 24.3 Å². The second-order valence-corrected chi connectivity index (χ2v) is 4.21. The van der Waals surface area contributed by atoms with E-state index in [0.717, 1.165) is 24.0 Å². The molecule has 0 spiro atoms. The van der Waals surface area contributed by atoms with Gasteiger partial charge in [-0.05, 0) is 19.8 Å². The molecule has 0 radical (unpaired) electrons. The second kappa shape index (κ2) is 6.47. The lowest BCUT2D eigenvalue weighted by Gasteiger charge is -2.12. The minimum absolute atomic E-state index is 0.0284. The molecular formula is C10H16Cl2O. The monoisotopic (exact) mass is 222 g/mol. The van der Waals surface area contributed by atoms with Gasteiger partial charge in [0, 0.05) is 0 Å². The number of aliphatic hydroxyl groups is 1. The number of hydrogen-bond donors (Lipinski definition) is 1. The molecular weight excluding hydrogens is 207 g/mol. The van der Waals surface area contributed by atoms with Gasteiger partial charge in [0.25, 0.3) is 0 Å². The molecule has 0 saturated carbocycles. The second-order valence-electron chi connectivity index (χ2n) is 3.16. The molecule has 1 nitrogen and oxygen atoms in total. The molecule has 0 aromatic carbocycles. The average molecular weight is 223 g/mol. The van der Waals surface area contributed by atoms with E-state index in [4.69, 9.17) is 28.3 Å². The van der Waals surface area contributed by atoms with Gasteiger partial charge in [0.05, 0.1) is 17.4 Å². The van der Waals surface area contributed by atoms with Crippen molar-refractivity contribution in [3.05, 3.63) is 24.3 Å². The van der Waals surface area contributed by atoms with Gasteiger partial charge in [0.15, 0.2) is 0 Å². The summed E-state index contributed by atoms with van der Waals surface area (Å²) in [4.78, 5) is 0. The summed E-state index contributed by atoms with van der Waals surface area (Å²) in [7, 11) is 0. The van der Waals surface area contributed by atoms with E-state index in [1.165, 1.54) is 0 Å². The third kappa shape index (κ3) is 5.35.